The number of nitrogens with one attached hydrogen (secondary N) is 2. The number of anilines is 1. The lowest BCUT2D eigenvalue weighted by atomic mass is 10.2. The Kier molecular flexibility index (Phi) is 5.44. The average Bonchev–Trinajstić information content (AvgIpc) is 2.48. The molecular formula is C16H12BrF3N2O. The first-order valence-corrected chi connectivity index (χ1v) is 7.31. The van der Waals surface area contributed by atoms with E-state index in [0.29, 0.717) is 0 Å². The molecule has 0 saturated heterocycles. The van der Waals surface area contributed by atoms with Crippen molar-refractivity contribution in [2.45, 2.75) is 6.18 Å². The number of carbonyl (C=O) groups is 1. The van der Waals surface area contributed by atoms with Crippen molar-refractivity contribution in [3.05, 3.63) is 70.3 Å². The largest absolute Gasteiger partial charge is 0.416 e. The number of hydrogen-bond acceptors (Lipinski definition) is 1. The summed E-state index contributed by atoms with van der Waals surface area (Å²) in [7, 11) is 0. The Hall–Kier alpha value is -2.28. The topological polar surface area (TPSA) is 41.1 Å². The van der Waals surface area contributed by atoms with Gasteiger partial charge in [0.15, 0.2) is 0 Å². The van der Waals surface area contributed by atoms with Crippen LogP contribution in [0.15, 0.2) is 59.2 Å². The van der Waals surface area contributed by atoms with Crippen LogP contribution in [0.1, 0.15) is 11.1 Å². The van der Waals surface area contributed by atoms with Crippen LogP contribution in [0, 0.1) is 0 Å². The van der Waals surface area contributed by atoms with Gasteiger partial charge in [0.1, 0.15) is 0 Å². The van der Waals surface area contributed by atoms with Crippen molar-refractivity contribution in [2.24, 2.45) is 0 Å². The molecule has 0 unspecified atom stereocenters. The lowest BCUT2D eigenvalue weighted by molar-refractivity contribution is -0.137. The van der Waals surface area contributed by atoms with E-state index < -0.39 is 17.8 Å². The molecule has 2 amide bonds. The fourth-order valence-corrected chi connectivity index (χ4v) is 2.17. The number of carbonyl (C=O) groups excluding carboxylic acids is 1. The number of hydrogen-bond donors (Lipinski definition) is 2. The molecule has 0 fully saturated rings. The maximum absolute atomic E-state index is 12.6. The highest BCUT2D eigenvalue weighted by atomic mass is 79.9. The van der Waals surface area contributed by atoms with E-state index in [1.54, 1.807) is 6.08 Å². The highest BCUT2D eigenvalue weighted by Crippen LogP contribution is 2.30. The first kappa shape index (κ1) is 17.1. The minimum Gasteiger partial charge on any atom is -0.314 e. The lowest BCUT2D eigenvalue weighted by Gasteiger charge is -2.09. The van der Waals surface area contributed by atoms with Crippen LogP contribution in [-0.4, -0.2) is 6.03 Å². The van der Waals surface area contributed by atoms with Gasteiger partial charge in [0.05, 0.1) is 5.56 Å². The van der Waals surface area contributed by atoms with Crippen LogP contribution in [0.25, 0.3) is 6.08 Å². The summed E-state index contributed by atoms with van der Waals surface area (Å²) >= 11 is 3.36. The van der Waals surface area contributed by atoms with Gasteiger partial charge in [0.25, 0.3) is 0 Å². The van der Waals surface area contributed by atoms with Crippen molar-refractivity contribution >= 4 is 33.7 Å². The van der Waals surface area contributed by atoms with Crippen molar-refractivity contribution in [1.29, 1.82) is 0 Å². The molecule has 0 spiro atoms. The van der Waals surface area contributed by atoms with Crippen molar-refractivity contribution in [3.8, 4) is 0 Å². The van der Waals surface area contributed by atoms with Gasteiger partial charge in [0, 0.05) is 16.4 Å². The molecule has 0 radical (unpaired) electrons. The lowest BCUT2D eigenvalue weighted by Crippen LogP contribution is -2.23. The molecule has 0 atom stereocenters. The van der Waals surface area contributed by atoms with Crippen molar-refractivity contribution < 1.29 is 18.0 Å². The quantitative estimate of drug-likeness (QED) is 0.744. The number of halogens is 4. The number of benzene rings is 2. The molecule has 0 aliphatic heterocycles. The van der Waals surface area contributed by atoms with Crippen LogP contribution in [0.3, 0.4) is 0 Å². The fraction of sp³-hybridized carbons (Fsp3) is 0.0625. The van der Waals surface area contributed by atoms with Crippen molar-refractivity contribution in [1.82, 2.24) is 5.32 Å². The highest BCUT2D eigenvalue weighted by Gasteiger charge is 2.30. The summed E-state index contributed by atoms with van der Waals surface area (Å²) in [5.74, 6) is 0. The monoisotopic (exact) mass is 384 g/mol. The van der Waals surface area contributed by atoms with Gasteiger partial charge >= 0.3 is 12.2 Å². The van der Waals surface area contributed by atoms with Gasteiger partial charge in [0.2, 0.25) is 0 Å². The highest BCUT2D eigenvalue weighted by molar-refractivity contribution is 9.10. The number of urea groups is 1. The van der Waals surface area contributed by atoms with Gasteiger partial charge in [-0.25, -0.2) is 4.79 Å². The van der Waals surface area contributed by atoms with E-state index in [9.17, 15) is 18.0 Å². The molecular weight excluding hydrogens is 373 g/mol. The molecule has 0 aliphatic rings. The molecule has 0 saturated carbocycles. The maximum atomic E-state index is 12.6. The zero-order valence-electron chi connectivity index (χ0n) is 11.7. The van der Waals surface area contributed by atoms with Crippen LogP contribution in [0.5, 0.6) is 0 Å². The van der Waals surface area contributed by atoms with E-state index in [-0.39, 0.29) is 5.69 Å². The Morgan fingerprint density at radius 2 is 1.83 bits per heavy atom. The fourth-order valence-electron chi connectivity index (χ4n) is 1.76. The molecule has 2 aromatic carbocycles. The minimum absolute atomic E-state index is 0.0617. The average molecular weight is 385 g/mol. The molecule has 2 rings (SSSR count). The van der Waals surface area contributed by atoms with E-state index >= 15 is 0 Å². The molecule has 3 nitrogen and oxygen atoms in total. The molecule has 0 aliphatic carbocycles. The molecule has 2 aromatic rings. The van der Waals surface area contributed by atoms with Gasteiger partial charge in [-0.1, -0.05) is 40.2 Å². The van der Waals surface area contributed by atoms with Crippen LogP contribution >= 0.6 is 15.9 Å². The van der Waals surface area contributed by atoms with Gasteiger partial charge in [-0.15, -0.1) is 0 Å². The minimum atomic E-state index is -4.45. The molecule has 7 heteroatoms. The second kappa shape index (κ2) is 7.32. The van der Waals surface area contributed by atoms with Crippen LogP contribution in [-0.2, 0) is 6.18 Å². The van der Waals surface area contributed by atoms with Crippen LogP contribution in [0.2, 0.25) is 0 Å². The second-order valence-electron chi connectivity index (χ2n) is 4.53. The van der Waals surface area contributed by atoms with Crippen LogP contribution < -0.4 is 10.6 Å². The smallest absolute Gasteiger partial charge is 0.314 e. The third-order valence-corrected chi connectivity index (χ3v) is 3.55. The predicted molar refractivity (Wildman–Crippen MR) is 86.8 cm³/mol. The standard InChI is InChI=1S/C16H12BrF3N2O/c17-14-7-2-1-4-11(14)8-9-21-15(23)22-13-6-3-5-12(10-13)16(18,19)20/h1-10H,(H2,21,22,23)/b9-8+. The summed E-state index contributed by atoms with van der Waals surface area (Å²) in [5.41, 5.74) is 0.0949. The zero-order valence-corrected chi connectivity index (χ0v) is 13.3. The zero-order chi connectivity index (χ0) is 16.9. The molecule has 23 heavy (non-hydrogen) atoms. The van der Waals surface area contributed by atoms with E-state index in [1.165, 1.54) is 18.3 Å². The normalized spacial score (nSPS) is 11.5. The second-order valence-corrected chi connectivity index (χ2v) is 5.39. The van der Waals surface area contributed by atoms with E-state index in [1.807, 2.05) is 24.3 Å². The van der Waals surface area contributed by atoms with E-state index in [4.69, 9.17) is 0 Å². The molecule has 0 aromatic heterocycles. The number of amides is 2. The Morgan fingerprint density at radius 1 is 1.09 bits per heavy atom. The van der Waals surface area contributed by atoms with Gasteiger partial charge in [-0.2, -0.15) is 13.2 Å². The van der Waals surface area contributed by atoms with Crippen LogP contribution in [0.4, 0.5) is 23.7 Å². The summed E-state index contributed by atoms with van der Waals surface area (Å²) < 4.78 is 38.6. The Morgan fingerprint density at radius 3 is 2.52 bits per heavy atom. The molecule has 0 heterocycles. The van der Waals surface area contributed by atoms with Crippen molar-refractivity contribution in [3.63, 3.8) is 0 Å². The maximum Gasteiger partial charge on any atom is 0.416 e. The summed E-state index contributed by atoms with van der Waals surface area (Å²) in [6.45, 7) is 0. The third kappa shape index (κ3) is 5.14. The van der Waals surface area contributed by atoms with Gasteiger partial charge < -0.3 is 10.6 Å². The molecule has 120 valence electrons. The van der Waals surface area contributed by atoms with Gasteiger partial charge in [-0.05, 0) is 35.9 Å². The number of rotatable bonds is 3. The molecule has 0 bridgehead atoms. The first-order chi connectivity index (χ1) is 10.9. The van der Waals surface area contributed by atoms with Crippen molar-refractivity contribution in [2.75, 3.05) is 5.32 Å². The van der Waals surface area contributed by atoms with Gasteiger partial charge in [-0.3, -0.25) is 0 Å². The summed E-state index contributed by atoms with van der Waals surface area (Å²) in [6, 6.07) is 11.2. The Balaban J connectivity index is 1.97. The van der Waals surface area contributed by atoms with E-state index in [0.717, 1.165) is 22.2 Å². The summed E-state index contributed by atoms with van der Waals surface area (Å²) in [5, 5.41) is 4.77. The Bertz CT molecular complexity index is 729. The van der Waals surface area contributed by atoms with E-state index in [2.05, 4.69) is 26.6 Å². The SMILES string of the molecule is O=C(N/C=C/c1ccccc1Br)Nc1cccc(C(F)(F)F)c1. The first-order valence-electron chi connectivity index (χ1n) is 6.52. The predicted octanol–water partition coefficient (Wildman–Crippen LogP) is 5.26. The summed E-state index contributed by atoms with van der Waals surface area (Å²) in [6.07, 6.45) is -1.38. The Labute approximate surface area is 139 Å². The third-order valence-electron chi connectivity index (χ3n) is 2.83. The summed E-state index contributed by atoms with van der Waals surface area (Å²) in [4.78, 5) is 11.7. The number of alkyl halides is 3. The molecule has 2 N–H and O–H groups in total.